The van der Waals surface area contributed by atoms with Crippen LogP contribution in [0.25, 0.3) is 0 Å². The molecular formula is C14H19NO2. The van der Waals surface area contributed by atoms with E-state index in [1.165, 1.54) is 11.3 Å². The average Bonchev–Trinajstić information content (AvgIpc) is 2.38. The molecule has 0 aliphatic carbocycles. The zero-order chi connectivity index (χ0) is 12.1. The number of hydrogen-bond acceptors (Lipinski definition) is 3. The number of ether oxygens (including phenoxy) is 1. The highest BCUT2D eigenvalue weighted by Gasteiger charge is 2.12. The van der Waals surface area contributed by atoms with Gasteiger partial charge in [0.2, 0.25) is 0 Å². The Balaban J connectivity index is 2.03. The van der Waals surface area contributed by atoms with Gasteiger partial charge in [-0.2, -0.15) is 0 Å². The van der Waals surface area contributed by atoms with Gasteiger partial charge >= 0.3 is 0 Å². The third-order valence-corrected chi connectivity index (χ3v) is 2.95. The summed E-state index contributed by atoms with van der Waals surface area (Å²) in [6.07, 6.45) is 3.14. The van der Waals surface area contributed by atoms with E-state index in [1.54, 1.807) is 0 Å². The van der Waals surface area contributed by atoms with E-state index in [4.69, 9.17) is 4.74 Å². The Morgan fingerprint density at radius 3 is 3.18 bits per heavy atom. The Labute approximate surface area is 102 Å². The van der Waals surface area contributed by atoms with Crippen molar-refractivity contribution in [1.82, 2.24) is 0 Å². The molecule has 0 atom stereocenters. The van der Waals surface area contributed by atoms with Gasteiger partial charge in [0.05, 0.1) is 0 Å². The second-order valence-electron chi connectivity index (χ2n) is 4.38. The first-order valence-electron chi connectivity index (χ1n) is 6.29. The van der Waals surface area contributed by atoms with Crippen LogP contribution in [0.4, 0.5) is 5.69 Å². The van der Waals surface area contributed by atoms with Crippen molar-refractivity contribution in [3.05, 3.63) is 29.3 Å². The maximum Gasteiger partial charge on any atom is 0.188 e. The van der Waals surface area contributed by atoms with E-state index in [0.717, 1.165) is 31.4 Å². The molecule has 0 amide bonds. The van der Waals surface area contributed by atoms with Gasteiger partial charge in [-0.3, -0.25) is 4.79 Å². The van der Waals surface area contributed by atoms with Gasteiger partial charge in [0.1, 0.15) is 6.61 Å². The van der Waals surface area contributed by atoms with Gasteiger partial charge in [-0.25, -0.2) is 0 Å². The largest absolute Gasteiger partial charge is 0.385 e. The number of nitrogens with one attached hydrogen (secondary N) is 1. The fourth-order valence-electron chi connectivity index (χ4n) is 2.04. The number of carbonyl (C=O) groups is 1. The molecule has 1 aliphatic rings. The highest BCUT2D eigenvalue weighted by Crippen LogP contribution is 2.23. The van der Waals surface area contributed by atoms with E-state index in [0.29, 0.717) is 6.61 Å². The minimum absolute atomic E-state index is 0.0758. The number of anilines is 1. The second kappa shape index (κ2) is 5.82. The Hall–Kier alpha value is -1.35. The minimum Gasteiger partial charge on any atom is -0.385 e. The molecule has 0 bridgehead atoms. The van der Waals surface area contributed by atoms with Crippen LogP contribution in [-0.4, -0.2) is 25.5 Å². The summed E-state index contributed by atoms with van der Waals surface area (Å²) in [6, 6.07) is 5.88. The summed E-state index contributed by atoms with van der Waals surface area (Å²) in [5.41, 5.74) is 3.18. The molecule has 3 heteroatoms. The molecule has 2 rings (SSSR count). The predicted octanol–water partition coefficient (Wildman–Crippen LogP) is 2.65. The number of aryl methyl sites for hydroxylation is 1. The van der Waals surface area contributed by atoms with Crippen molar-refractivity contribution in [2.45, 2.75) is 26.2 Å². The lowest BCUT2D eigenvalue weighted by Crippen LogP contribution is -2.14. The van der Waals surface area contributed by atoms with Crippen LogP contribution < -0.4 is 5.32 Å². The van der Waals surface area contributed by atoms with Gasteiger partial charge in [-0.1, -0.05) is 6.92 Å². The van der Waals surface area contributed by atoms with Crippen LogP contribution in [0.1, 0.15) is 35.7 Å². The van der Waals surface area contributed by atoms with Crippen LogP contribution in [0.2, 0.25) is 0 Å². The molecule has 0 unspecified atom stereocenters. The summed E-state index contributed by atoms with van der Waals surface area (Å²) in [7, 11) is 0. The quantitative estimate of drug-likeness (QED) is 0.627. The molecule has 0 fully saturated rings. The molecule has 0 radical (unpaired) electrons. The first kappa shape index (κ1) is 12.1. The van der Waals surface area contributed by atoms with Gasteiger partial charge in [-0.15, -0.1) is 0 Å². The molecular weight excluding hydrogens is 214 g/mol. The molecule has 1 aliphatic heterocycles. The number of rotatable bonds is 5. The van der Waals surface area contributed by atoms with E-state index in [2.05, 4.69) is 5.32 Å². The van der Waals surface area contributed by atoms with Crippen molar-refractivity contribution >= 4 is 11.5 Å². The maximum absolute atomic E-state index is 11.9. The second-order valence-corrected chi connectivity index (χ2v) is 4.38. The normalized spacial score (nSPS) is 13.9. The molecule has 1 N–H and O–H groups in total. The van der Waals surface area contributed by atoms with E-state index in [9.17, 15) is 4.79 Å². The van der Waals surface area contributed by atoms with Crippen LogP contribution in [0, 0.1) is 0 Å². The van der Waals surface area contributed by atoms with Crippen LogP contribution in [0.5, 0.6) is 0 Å². The third kappa shape index (κ3) is 3.07. The first-order valence-corrected chi connectivity index (χ1v) is 6.29. The van der Waals surface area contributed by atoms with Crippen LogP contribution in [0.3, 0.4) is 0 Å². The maximum atomic E-state index is 11.9. The monoisotopic (exact) mass is 233 g/mol. The SMILES string of the molecule is CCCOCC(=O)c1ccc2c(c1)CCCN2. The minimum atomic E-state index is 0.0758. The Morgan fingerprint density at radius 1 is 1.47 bits per heavy atom. The molecule has 0 aromatic heterocycles. The Morgan fingerprint density at radius 2 is 2.35 bits per heavy atom. The third-order valence-electron chi connectivity index (χ3n) is 2.95. The predicted molar refractivity (Wildman–Crippen MR) is 68.7 cm³/mol. The van der Waals surface area contributed by atoms with Gasteiger partial charge in [0.15, 0.2) is 5.78 Å². The van der Waals surface area contributed by atoms with E-state index in [-0.39, 0.29) is 12.4 Å². The zero-order valence-corrected chi connectivity index (χ0v) is 10.3. The number of carbonyl (C=O) groups excluding carboxylic acids is 1. The number of benzene rings is 1. The highest BCUT2D eigenvalue weighted by molar-refractivity contribution is 5.97. The van der Waals surface area contributed by atoms with Crippen molar-refractivity contribution in [2.75, 3.05) is 25.1 Å². The average molecular weight is 233 g/mol. The zero-order valence-electron chi connectivity index (χ0n) is 10.3. The smallest absolute Gasteiger partial charge is 0.188 e. The van der Waals surface area contributed by atoms with Crippen molar-refractivity contribution in [3.8, 4) is 0 Å². The van der Waals surface area contributed by atoms with Crippen molar-refractivity contribution in [3.63, 3.8) is 0 Å². The van der Waals surface area contributed by atoms with Crippen molar-refractivity contribution in [2.24, 2.45) is 0 Å². The number of fused-ring (bicyclic) bond motifs is 1. The van der Waals surface area contributed by atoms with E-state index in [1.807, 2.05) is 25.1 Å². The molecule has 0 spiro atoms. The van der Waals surface area contributed by atoms with Crippen molar-refractivity contribution in [1.29, 1.82) is 0 Å². The van der Waals surface area contributed by atoms with Crippen LogP contribution in [-0.2, 0) is 11.2 Å². The highest BCUT2D eigenvalue weighted by atomic mass is 16.5. The van der Waals surface area contributed by atoms with Gasteiger partial charge < -0.3 is 10.1 Å². The lowest BCUT2D eigenvalue weighted by atomic mass is 9.99. The number of ketones is 1. The fraction of sp³-hybridized carbons (Fsp3) is 0.500. The summed E-state index contributed by atoms with van der Waals surface area (Å²) in [6.45, 7) is 3.91. The molecule has 0 saturated heterocycles. The Bertz CT molecular complexity index is 401. The molecule has 17 heavy (non-hydrogen) atoms. The standard InChI is InChI=1S/C14H19NO2/c1-2-8-17-10-14(16)12-5-6-13-11(9-12)4-3-7-15-13/h5-6,9,15H,2-4,7-8,10H2,1H3. The van der Waals surface area contributed by atoms with Crippen LogP contribution in [0.15, 0.2) is 18.2 Å². The van der Waals surface area contributed by atoms with Crippen molar-refractivity contribution < 1.29 is 9.53 Å². The topological polar surface area (TPSA) is 38.3 Å². The summed E-state index contributed by atoms with van der Waals surface area (Å²) in [5.74, 6) is 0.0758. The molecule has 1 aromatic carbocycles. The molecule has 1 aromatic rings. The number of hydrogen-bond donors (Lipinski definition) is 1. The molecule has 0 saturated carbocycles. The van der Waals surface area contributed by atoms with E-state index < -0.39 is 0 Å². The Kier molecular flexibility index (Phi) is 4.15. The first-order chi connectivity index (χ1) is 8.31. The number of Topliss-reactive ketones (excluding diaryl/α,β-unsaturated/α-hetero) is 1. The van der Waals surface area contributed by atoms with Gasteiger partial charge in [0.25, 0.3) is 0 Å². The summed E-state index contributed by atoms with van der Waals surface area (Å²) < 4.78 is 5.28. The van der Waals surface area contributed by atoms with Gasteiger partial charge in [-0.05, 0) is 43.0 Å². The molecule has 1 heterocycles. The van der Waals surface area contributed by atoms with Gasteiger partial charge in [0, 0.05) is 24.4 Å². The summed E-state index contributed by atoms with van der Waals surface area (Å²) >= 11 is 0. The fourth-order valence-corrected chi connectivity index (χ4v) is 2.04. The lowest BCUT2D eigenvalue weighted by Gasteiger charge is -2.18. The molecule has 92 valence electrons. The lowest BCUT2D eigenvalue weighted by molar-refractivity contribution is 0.0761. The van der Waals surface area contributed by atoms with Crippen LogP contribution >= 0.6 is 0 Å². The summed E-state index contributed by atoms with van der Waals surface area (Å²) in [4.78, 5) is 11.9. The van der Waals surface area contributed by atoms with E-state index >= 15 is 0 Å². The summed E-state index contributed by atoms with van der Waals surface area (Å²) in [5, 5.41) is 3.34. The molecule has 3 nitrogen and oxygen atoms in total.